The normalized spacial score (nSPS) is 12.4. The molecule has 0 bridgehead atoms. The average molecular weight is 367 g/mol. The maximum atomic E-state index is 12.9. The van der Waals surface area contributed by atoms with Crippen LogP contribution in [0.1, 0.15) is 6.92 Å². The molecule has 2 aromatic carbocycles. The highest BCUT2D eigenvalue weighted by Gasteiger charge is 2.18. The van der Waals surface area contributed by atoms with Gasteiger partial charge in [0.25, 0.3) is 0 Å². The number of nitrogens with one attached hydrogen (secondary N) is 2. The first kappa shape index (κ1) is 16.5. The van der Waals surface area contributed by atoms with Gasteiger partial charge in [-0.15, -0.1) is 10.2 Å². The Morgan fingerprint density at radius 3 is 2.73 bits per heavy atom. The fourth-order valence-electron chi connectivity index (χ4n) is 2.54. The fourth-order valence-corrected chi connectivity index (χ4v) is 3.26. The Bertz CT molecular complexity index is 1100. The van der Waals surface area contributed by atoms with Crippen LogP contribution in [0.25, 0.3) is 22.1 Å². The molecule has 4 aromatic rings. The van der Waals surface area contributed by atoms with Gasteiger partial charge in [-0.05, 0) is 37.3 Å². The summed E-state index contributed by atoms with van der Waals surface area (Å²) < 4.78 is 12.9. The largest absolute Gasteiger partial charge is 0.338 e. The van der Waals surface area contributed by atoms with Gasteiger partial charge in [0.2, 0.25) is 11.1 Å². The van der Waals surface area contributed by atoms with E-state index in [0.717, 1.165) is 10.9 Å². The average Bonchev–Trinajstić information content (AvgIpc) is 3.01. The van der Waals surface area contributed by atoms with Crippen LogP contribution in [0, 0.1) is 5.82 Å². The number of hydrogen-bond acceptors (Lipinski definition) is 5. The lowest BCUT2D eigenvalue weighted by molar-refractivity contribution is -0.115. The molecular weight excluding hydrogens is 353 g/mol. The molecular formula is C18H14FN5OS. The van der Waals surface area contributed by atoms with Gasteiger partial charge in [-0.1, -0.05) is 30.0 Å². The second-order valence-corrected chi connectivity index (χ2v) is 7.03. The number of para-hydroxylation sites is 1. The van der Waals surface area contributed by atoms with Crippen molar-refractivity contribution in [1.82, 2.24) is 20.2 Å². The molecule has 0 saturated heterocycles. The van der Waals surface area contributed by atoms with Crippen LogP contribution in [0.15, 0.2) is 53.7 Å². The summed E-state index contributed by atoms with van der Waals surface area (Å²) in [5.74, 6) is -0.571. The SMILES string of the molecule is C[C@H](Sc1nnc2c(n1)[nH]c1ccccc12)C(=O)Nc1ccc(F)cc1. The van der Waals surface area contributed by atoms with Crippen molar-refractivity contribution in [3.63, 3.8) is 0 Å². The second kappa shape index (κ2) is 6.72. The molecule has 2 aromatic heterocycles. The minimum absolute atomic E-state index is 0.220. The van der Waals surface area contributed by atoms with E-state index in [2.05, 4.69) is 25.5 Å². The Labute approximate surface area is 152 Å². The van der Waals surface area contributed by atoms with Gasteiger partial charge in [0.05, 0.1) is 5.25 Å². The monoisotopic (exact) mass is 367 g/mol. The lowest BCUT2D eigenvalue weighted by Crippen LogP contribution is -2.22. The molecule has 0 aliphatic rings. The van der Waals surface area contributed by atoms with Gasteiger partial charge < -0.3 is 10.3 Å². The van der Waals surface area contributed by atoms with Crippen molar-refractivity contribution in [2.45, 2.75) is 17.3 Å². The van der Waals surface area contributed by atoms with Gasteiger partial charge in [-0.3, -0.25) is 4.79 Å². The van der Waals surface area contributed by atoms with Crippen molar-refractivity contribution >= 4 is 45.4 Å². The first-order chi connectivity index (χ1) is 12.6. The highest BCUT2D eigenvalue weighted by Crippen LogP contribution is 2.25. The molecule has 130 valence electrons. The molecule has 26 heavy (non-hydrogen) atoms. The van der Waals surface area contributed by atoms with E-state index in [-0.39, 0.29) is 11.7 Å². The van der Waals surface area contributed by atoms with Gasteiger partial charge >= 0.3 is 0 Å². The first-order valence-corrected chi connectivity index (χ1v) is 8.82. The number of benzene rings is 2. The molecule has 2 N–H and O–H groups in total. The van der Waals surface area contributed by atoms with Crippen LogP contribution in [0.5, 0.6) is 0 Å². The minimum Gasteiger partial charge on any atom is -0.338 e. The van der Waals surface area contributed by atoms with E-state index >= 15 is 0 Å². The maximum Gasteiger partial charge on any atom is 0.237 e. The van der Waals surface area contributed by atoms with Gasteiger partial charge in [0.1, 0.15) is 11.3 Å². The Balaban J connectivity index is 1.51. The van der Waals surface area contributed by atoms with Crippen LogP contribution in [-0.2, 0) is 4.79 Å². The summed E-state index contributed by atoms with van der Waals surface area (Å²) in [4.78, 5) is 20.0. The van der Waals surface area contributed by atoms with Crippen LogP contribution in [0.4, 0.5) is 10.1 Å². The summed E-state index contributed by atoms with van der Waals surface area (Å²) in [7, 11) is 0. The lowest BCUT2D eigenvalue weighted by atomic mass is 10.2. The highest BCUT2D eigenvalue weighted by molar-refractivity contribution is 8.00. The summed E-state index contributed by atoms with van der Waals surface area (Å²) in [5.41, 5.74) is 2.81. The van der Waals surface area contributed by atoms with Crippen molar-refractivity contribution < 1.29 is 9.18 Å². The van der Waals surface area contributed by atoms with Crippen LogP contribution in [0.3, 0.4) is 0 Å². The van der Waals surface area contributed by atoms with Gasteiger partial charge in [-0.2, -0.15) is 0 Å². The number of rotatable bonds is 4. The van der Waals surface area contributed by atoms with Gasteiger partial charge in [0.15, 0.2) is 5.65 Å². The zero-order valence-corrected chi connectivity index (χ0v) is 14.5. The smallest absolute Gasteiger partial charge is 0.237 e. The number of aromatic nitrogens is 4. The number of H-pyrrole nitrogens is 1. The third kappa shape index (κ3) is 3.23. The summed E-state index contributed by atoms with van der Waals surface area (Å²) >= 11 is 1.21. The Morgan fingerprint density at radius 1 is 1.15 bits per heavy atom. The third-order valence-corrected chi connectivity index (χ3v) is 4.82. The number of anilines is 1. The molecule has 0 aliphatic heterocycles. The molecule has 8 heteroatoms. The number of amides is 1. The van der Waals surface area contributed by atoms with Crippen LogP contribution < -0.4 is 5.32 Å². The van der Waals surface area contributed by atoms with Crippen LogP contribution in [-0.4, -0.2) is 31.3 Å². The maximum absolute atomic E-state index is 12.9. The zero-order chi connectivity index (χ0) is 18.1. The molecule has 1 amide bonds. The van der Waals surface area contributed by atoms with E-state index in [4.69, 9.17) is 0 Å². The summed E-state index contributed by atoms with van der Waals surface area (Å²) in [5, 5.41) is 12.0. The van der Waals surface area contributed by atoms with E-state index in [1.54, 1.807) is 6.92 Å². The van der Waals surface area contributed by atoms with Crippen molar-refractivity contribution in [2.75, 3.05) is 5.32 Å². The van der Waals surface area contributed by atoms with Crippen molar-refractivity contribution in [3.05, 3.63) is 54.3 Å². The summed E-state index contributed by atoms with van der Waals surface area (Å²) in [6.07, 6.45) is 0. The van der Waals surface area contributed by atoms with E-state index in [0.29, 0.717) is 22.0 Å². The standard InChI is InChI=1S/C18H14FN5OS/c1-10(17(25)20-12-8-6-11(19)7-9-12)26-18-22-16-15(23-24-18)13-4-2-3-5-14(13)21-16/h2-10H,1H3,(H,20,25)(H,21,22,24)/t10-/m0/s1. The van der Waals surface area contributed by atoms with Crippen LogP contribution >= 0.6 is 11.8 Å². The molecule has 4 rings (SSSR count). The molecule has 2 heterocycles. The minimum atomic E-state index is -0.441. The second-order valence-electron chi connectivity index (χ2n) is 5.72. The zero-order valence-electron chi connectivity index (χ0n) is 13.7. The Morgan fingerprint density at radius 2 is 1.92 bits per heavy atom. The van der Waals surface area contributed by atoms with E-state index in [1.165, 1.54) is 36.0 Å². The Kier molecular flexibility index (Phi) is 4.26. The number of nitrogens with zero attached hydrogens (tertiary/aromatic N) is 3. The number of hydrogen-bond donors (Lipinski definition) is 2. The Hall–Kier alpha value is -3.00. The summed E-state index contributed by atoms with van der Waals surface area (Å²) in [6, 6.07) is 13.4. The molecule has 0 aliphatic carbocycles. The number of thioether (sulfide) groups is 1. The number of carbonyl (C=O) groups excluding carboxylic acids is 1. The van der Waals surface area contributed by atoms with E-state index in [1.807, 2.05) is 24.3 Å². The van der Waals surface area contributed by atoms with Crippen molar-refractivity contribution in [2.24, 2.45) is 0 Å². The predicted octanol–water partition coefficient (Wildman–Crippen LogP) is 3.76. The van der Waals surface area contributed by atoms with E-state index in [9.17, 15) is 9.18 Å². The summed E-state index contributed by atoms with van der Waals surface area (Å²) in [6.45, 7) is 1.75. The molecule has 0 radical (unpaired) electrons. The number of aromatic amines is 1. The predicted molar refractivity (Wildman–Crippen MR) is 99.5 cm³/mol. The highest BCUT2D eigenvalue weighted by atomic mass is 32.2. The molecule has 0 spiro atoms. The van der Waals surface area contributed by atoms with Gasteiger partial charge in [0, 0.05) is 16.6 Å². The van der Waals surface area contributed by atoms with E-state index < -0.39 is 5.25 Å². The molecule has 0 fully saturated rings. The number of fused-ring (bicyclic) bond motifs is 3. The topological polar surface area (TPSA) is 83.6 Å². The lowest BCUT2D eigenvalue weighted by Gasteiger charge is -2.10. The third-order valence-electron chi connectivity index (χ3n) is 3.87. The first-order valence-electron chi connectivity index (χ1n) is 7.94. The molecule has 0 unspecified atom stereocenters. The molecule has 0 saturated carbocycles. The van der Waals surface area contributed by atoms with Crippen molar-refractivity contribution in [3.8, 4) is 0 Å². The molecule has 6 nitrogen and oxygen atoms in total. The van der Waals surface area contributed by atoms with Gasteiger partial charge in [-0.25, -0.2) is 9.37 Å². The van der Waals surface area contributed by atoms with Crippen molar-refractivity contribution in [1.29, 1.82) is 0 Å². The number of carbonyl (C=O) groups is 1. The quantitative estimate of drug-likeness (QED) is 0.537. The number of halogens is 1. The fraction of sp³-hybridized carbons (Fsp3) is 0.111. The van der Waals surface area contributed by atoms with Crippen LogP contribution in [0.2, 0.25) is 0 Å². The molecule has 1 atom stereocenters.